The largest absolute Gasteiger partial charge is 0.477 e. The highest BCUT2D eigenvalue weighted by atomic mass is 32.1. The van der Waals surface area contributed by atoms with Crippen molar-refractivity contribution in [2.45, 2.75) is 38.6 Å². The third kappa shape index (κ3) is 2.61. The molecule has 0 saturated heterocycles. The van der Waals surface area contributed by atoms with Crippen LogP contribution in [0, 0.1) is 18.3 Å². The summed E-state index contributed by atoms with van der Waals surface area (Å²) in [7, 11) is 0. The number of hydrogen-bond acceptors (Lipinski definition) is 4. The highest BCUT2D eigenvalue weighted by molar-refractivity contribution is 7.17. The molecule has 0 spiro atoms. The van der Waals surface area contributed by atoms with Crippen molar-refractivity contribution in [1.82, 2.24) is 9.55 Å². The smallest absolute Gasteiger partial charge is 0.347 e. The van der Waals surface area contributed by atoms with Crippen molar-refractivity contribution in [1.29, 1.82) is 5.26 Å². The SMILES string of the molecule is Cc1nc(-c2ccc3c(c2)c(C#N)cn3C2CCCC2)sc1C(=O)O. The van der Waals surface area contributed by atoms with Gasteiger partial charge in [-0.25, -0.2) is 9.78 Å². The van der Waals surface area contributed by atoms with Gasteiger partial charge < -0.3 is 9.67 Å². The van der Waals surface area contributed by atoms with Gasteiger partial charge in [-0.15, -0.1) is 11.3 Å². The number of aryl methyl sites for hydroxylation is 1. The topological polar surface area (TPSA) is 78.9 Å². The molecule has 3 aromatic rings. The molecular weight excluding hydrogens is 334 g/mol. The van der Waals surface area contributed by atoms with E-state index >= 15 is 0 Å². The molecule has 1 aliphatic carbocycles. The summed E-state index contributed by atoms with van der Waals surface area (Å²) in [6, 6.07) is 8.73. The molecule has 0 amide bonds. The average Bonchev–Trinajstić information content (AvgIpc) is 3.31. The van der Waals surface area contributed by atoms with Crippen LogP contribution in [0.15, 0.2) is 24.4 Å². The number of fused-ring (bicyclic) bond motifs is 1. The van der Waals surface area contributed by atoms with Crippen LogP contribution in [-0.2, 0) is 0 Å². The fraction of sp³-hybridized carbons (Fsp3) is 0.316. The third-order valence-electron chi connectivity index (χ3n) is 4.91. The van der Waals surface area contributed by atoms with Gasteiger partial charge in [-0.3, -0.25) is 0 Å². The summed E-state index contributed by atoms with van der Waals surface area (Å²) in [4.78, 5) is 15.9. The third-order valence-corrected chi connectivity index (χ3v) is 6.10. The van der Waals surface area contributed by atoms with Gasteiger partial charge in [-0.05, 0) is 38.0 Å². The molecule has 4 rings (SSSR count). The predicted molar refractivity (Wildman–Crippen MR) is 97.0 cm³/mol. The van der Waals surface area contributed by atoms with Gasteiger partial charge in [-0.1, -0.05) is 12.8 Å². The van der Waals surface area contributed by atoms with Gasteiger partial charge in [0.1, 0.15) is 16.0 Å². The van der Waals surface area contributed by atoms with E-state index in [1.54, 1.807) is 6.92 Å². The van der Waals surface area contributed by atoms with Crippen molar-refractivity contribution in [2.75, 3.05) is 0 Å². The van der Waals surface area contributed by atoms with Crippen LogP contribution in [0.25, 0.3) is 21.5 Å². The Morgan fingerprint density at radius 3 is 2.80 bits per heavy atom. The van der Waals surface area contributed by atoms with Crippen molar-refractivity contribution in [3.05, 3.63) is 40.5 Å². The molecule has 126 valence electrons. The van der Waals surface area contributed by atoms with E-state index in [1.165, 1.54) is 24.2 Å². The van der Waals surface area contributed by atoms with Crippen molar-refractivity contribution in [2.24, 2.45) is 0 Å². The Morgan fingerprint density at radius 1 is 1.40 bits per heavy atom. The van der Waals surface area contributed by atoms with E-state index in [-0.39, 0.29) is 4.88 Å². The Balaban J connectivity index is 1.84. The quantitative estimate of drug-likeness (QED) is 0.738. The number of thiazole rings is 1. The molecule has 6 heteroatoms. The minimum atomic E-state index is -0.951. The Bertz CT molecular complexity index is 1020. The lowest BCUT2D eigenvalue weighted by molar-refractivity contribution is 0.0701. The normalized spacial score (nSPS) is 14.9. The van der Waals surface area contributed by atoms with E-state index in [4.69, 9.17) is 0 Å². The number of carboxylic acid groups (broad SMARTS) is 1. The second-order valence-electron chi connectivity index (χ2n) is 6.47. The minimum absolute atomic E-state index is 0.263. The van der Waals surface area contributed by atoms with E-state index in [0.717, 1.165) is 29.3 Å². The van der Waals surface area contributed by atoms with Crippen LogP contribution in [-0.4, -0.2) is 20.6 Å². The molecule has 0 aliphatic heterocycles. The molecule has 0 bridgehead atoms. The number of carboxylic acids is 1. The summed E-state index contributed by atoms with van der Waals surface area (Å²) in [6.07, 6.45) is 6.75. The van der Waals surface area contributed by atoms with Gasteiger partial charge in [0.25, 0.3) is 0 Å². The predicted octanol–water partition coefficient (Wildman–Crippen LogP) is 4.76. The Hall–Kier alpha value is -2.65. The first-order chi connectivity index (χ1) is 12.1. The molecule has 0 atom stereocenters. The van der Waals surface area contributed by atoms with Gasteiger partial charge in [0.05, 0.1) is 11.3 Å². The standard InChI is InChI=1S/C19H17N3O2S/c1-11-17(19(23)24)25-18(21-11)12-6-7-16-15(8-12)13(9-20)10-22(16)14-4-2-3-5-14/h6-8,10,14H,2-5H2,1H3,(H,23,24). The lowest BCUT2D eigenvalue weighted by Gasteiger charge is -2.13. The van der Waals surface area contributed by atoms with Gasteiger partial charge in [-0.2, -0.15) is 5.26 Å². The fourth-order valence-electron chi connectivity index (χ4n) is 3.68. The zero-order valence-corrected chi connectivity index (χ0v) is 14.6. The lowest BCUT2D eigenvalue weighted by Crippen LogP contribution is -2.02. The Kier molecular flexibility index (Phi) is 3.81. The highest BCUT2D eigenvalue weighted by Gasteiger charge is 2.21. The number of nitriles is 1. The molecule has 1 saturated carbocycles. The molecule has 1 N–H and O–H groups in total. The van der Waals surface area contributed by atoms with Crippen LogP contribution in [0.2, 0.25) is 0 Å². The van der Waals surface area contributed by atoms with Crippen molar-refractivity contribution in [3.63, 3.8) is 0 Å². The van der Waals surface area contributed by atoms with Crippen LogP contribution in [0.5, 0.6) is 0 Å². The van der Waals surface area contributed by atoms with E-state index < -0.39 is 5.97 Å². The summed E-state index contributed by atoms with van der Waals surface area (Å²) < 4.78 is 2.24. The maximum absolute atomic E-state index is 11.3. The number of benzene rings is 1. The average molecular weight is 351 g/mol. The van der Waals surface area contributed by atoms with Crippen molar-refractivity contribution in [3.8, 4) is 16.6 Å². The van der Waals surface area contributed by atoms with Crippen LogP contribution in [0.4, 0.5) is 0 Å². The molecule has 1 fully saturated rings. The van der Waals surface area contributed by atoms with Gasteiger partial charge >= 0.3 is 5.97 Å². The molecule has 0 unspecified atom stereocenters. The van der Waals surface area contributed by atoms with Crippen LogP contribution < -0.4 is 0 Å². The first kappa shape index (κ1) is 15.9. The molecule has 5 nitrogen and oxygen atoms in total. The zero-order chi connectivity index (χ0) is 17.6. The Labute approximate surface area is 149 Å². The Morgan fingerprint density at radius 2 is 2.16 bits per heavy atom. The molecule has 1 aromatic carbocycles. The second kappa shape index (κ2) is 6.01. The number of hydrogen-bond donors (Lipinski definition) is 1. The molecule has 2 aromatic heterocycles. The molecular formula is C19H17N3O2S. The summed E-state index contributed by atoms with van der Waals surface area (Å²) in [5.74, 6) is -0.951. The maximum Gasteiger partial charge on any atom is 0.347 e. The van der Waals surface area contributed by atoms with Crippen LogP contribution >= 0.6 is 11.3 Å². The number of rotatable bonds is 3. The summed E-state index contributed by atoms with van der Waals surface area (Å²) >= 11 is 1.17. The molecule has 2 heterocycles. The van der Waals surface area contributed by atoms with Gasteiger partial charge in [0.15, 0.2) is 0 Å². The molecule has 25 heavy (non-hydrogen) atoms. The maximum atomic E-state index is 11.3. The molecule has 1 aliphatic rings. The lowest BCUT2D eigenvalue weighted by atomic mass is 10.1. The first-order valence-electron chi connectivity index (χ1n) is 8.34. The van der Waals surface area contributed by atoms with E-state index in [9.17, 15) is 15.2 Å². The van der Waals surface area contributed by atoms with E-state index in [2.05, 4.69) is 15.6 Å². The fourth-order valence-corrected chi connectivity index (χ4v) is 4.58. The summed E-state index contributed by atoms with van der Waals surface area (Å²) in [5.41, 5.74) is 3.11. The van der Waals surface area contributed by atoms with E-state index in [1.807, 2.05) is 24.4 Å². The van der Waals surface area contributed by atoms with Crippen molar-refractivity contribution >= 4 is 28.2 Å². The monoisotopic (exact) mass is 351 g/mol. The van der Waals surface area contributed by atoms with Crippen molar-refractivity contribution < 1.29 is 9.90 Å². The van der Waals surface area contributed by atoms with Gasteiger partial charge in [0, 0.05) is 28.7 Å². The number of carbonyl (C=O) groups is 1. The minimum Gasteiger partial charge on any atom is -0.477 e. The first-order valence-corrected chi connectivity index (χ1v) is 9.16. The zero-order valence-electron chi connectivity index (χ0n) is 13.8. The number of aromatic nitrogens is 2. The highest BCUT2D eigenvalue weighted by Crippen LogP contribution is 2.36. The summed E-state index contributed by atoms with van der Waals surface area (Å²) in [6.45, 7) is 1.71. The second-order valence-corrected chi connectivity index (χ2v) is 7.47. The van der Waals surface area contributed by atoms with Crippen LogP contribution in [0.3, 0.4) is 0 Å². The number of nitrogens with zero attached hydrogens (tertiary/aromatic N) is 3. The summed E-state index contributed by atoms with van der Waals surface area (Å²) in [5, 5.41) is 20.3. The van der Waals surface area contributed by atoms with Crippen LogP contribution in [0.1, 0.15) is 52.7 Å². The molecule has 0 radical (unpaired) electrons. The van der Waals surface area contributed by atoms with E-state index in [0.29, 0.717) is 22.3 Å². The number of aromatic carboxylic acids is 1. The van der Waals surface area contributed by atoms with Gasteiger partial charge in [0.2, 0.25) is 0 Å².